The van der Waals surface area contributed by atoms with Crippen molar-refractivity contribution < 1.29 is 23.9 Å². The predicted octanol–water partition coefficient (Wildman–Crippen LogP) is 0.717. The summed E-state index contributed by atoms with van der Waals surface area (Å²) in [5, 5.41) is 34.8. The lowest BCUT2D eigenvalue weighted by atomic mass is 10.1. The number of carbonyl (C=O) groups is 1. The minimum Gasteiger partial charge on any atom is -0.867 e. The Hall–Kier alpha value is -4.61. The molecular weight excluding hydrogens is 406 g/mol. The summed E-state index contributed by atoms with van der Waals surface area (Å²) in [4.78, 5) is 22.4. The number of nitro benzene ring substituents is 1. The first kappa shape index (κ1) is 19.7. The van der Waals surface area contributed by atoms with E-state index in [1.165, 1.54) is 39.9 Å². The van der Waals surface area contributed by atoms with Gasteiger partial charge in [0.25, 0.3) is 17.9 Å². The monoisotopic (exact) mass is 421 g/mol. The van der Waals surface area contributed by atoms with Gasteiger partial charge in [0, 0.05) is 17.7 Å². The van der Waals surface area contributed by atoms with E-state index in [0.717, 1.165) is 0 Å². The number of aromatic nitrogens is 4. The van der Waals surface area contributed by atoms with Gasteiger partial charge in [0.05, 0.1) is 16.8 Å². The normalized spacial score (nSPS) is 11.3. The van der Waals surface area contributed by atoms with Crippen molar-refractivity contribution in [3.8, 4) is 17.1 Å². The third kappa shape index (κ3) is 4.22. The SMILES string of the molecule is Cc1cc([O-])c2n(cn[n+]2CC(=O)NN=Cc2ccc(-c3ccc([N+](=O)[O-])cc3)o2)n1. The van der Waals surface area contributed by atoms with E-state index in [9.17, 15) is 20.0 Å². The number of rotatable bonds is 6. The number of aryl methyl sites for hydroxylation is 1. The van der Waals surface area contributed by atoms with Gasteiger partial charge in [-0.2, -0.15) is 5.10 Å². The number of non-ortho nitro benzene ring substituents is 1. The number of nitrogens with zero attached hydrogens (tertiary/aromatic N) is 6. The van der Waals surface area contributed by atoms with Gasteiger partial charge in [0.1, 0.15) is 11.5 Å². The zero-order valence-corrected chi connectivity index (χ0v) is 16.1. The van der Waals surface area contributed by atoms with Crippen LogP contribution < -0.4 is 15.2 Å². The highest BCUT2D eigenvalue weighted by Crippen LogP contribution is 2.24. The molecule has 1 amide bonds. The van der Waals surface area contributed by atoms with Gasteiger partial charge in [0.15, 0.2) is 6.54 Å². The number of benzene rings is 1. The third-order valence-corrected chi connectivity index (χ3v) is 4.25. The molecule has 0 spiro atoms. The maximum atomic E-state index is 12.1. The van der Waals surface area contributed by atoms with Gasteiger partial charge >= 0.3 is 5.65 Å². The van der Waals surface area contributed by atoms with Crippen LogP contribution in [0.3, 0.4) is 0 Å². The molecule has 31 heavy (non-hydrogen) atoms. The molecule has 3 aromatic heterocycles. The van der Waals surface area contributed by atoms with Crippen LogP contribution in [0.2, 0.25) is 0 Å². The number of hydrogen-bond acceptors (Lipinski definition) is 8. The Morgan fingerprint density at radius 1 is 1.32 bits per heavy atom. The standard InChI is InChI=1S/C19H15N7O5/c1-12-8-16(27)19-24(21-11-25(19)23-12)10-18(28)22-20-9-15-6-7-17(31-15)13-2-4-14(5-3-13)26(29)30/h2-9,11H,10H2,1H3,(H-,22,23,27,28). The lowest BCUT2D eigenvalue weighted by Gasteiger charge is -2.04. The highest BCUT2D eigenvalue weighted by Gasteiger charge is 2.17. The van der Waals surface area contributed by atoms with E-state index in [1.807, 2.05) is 0 Å². The van der Waals surface area contributed by atoms with Crippen LogP contribution in [0.1, 0.15) is 11.5 Å². The average Bonchev–Trinajstić information content (AvgIpc) is 3.35. The molecule has 0 atom stereocenters. The third-order valence-electron chi connectivity index (χ3n) is 4.25. The van der Waals surface area contributed by atoms with E-state index in [0.29, 0.717) is 22.8 Å². The molecule has 0 unspecified atom stereocenters. The van der Waals surface area contributed by atoms with E-state index in [2.05, 4.69) is 20.7 Å². The van der Waals surface area contributed by atoms with E-state index < -0.39 is 10.8 Å². The summed E-state index contributed by atoms with van der Waals surface area (Å²) >= 11 is 0. The molecule has 4 rings (SSSR count). The van der Waals surface area contributed by atoms with Crippen LogP contribution in [0.4, 0.5) is 5.69 Å². The van der Waals surface area contributed by atoms with Crippen LogP contribution in [0.25, 0.3) is 17.0 Å². The Labute approximate surface area is 174 Å². The van der Waals surface area contributed by atoms with Gasteiger partial charge in [-0.3, -0.25) is 14.9 Å². The van der Waals surface area contributed by atoms with Crippen molar-refractivity contribution in [1.82, 2.24) is 20.1 Å². The number of hydrazone groups is 1. The summed E-state index contributed by atoms with van der Waals surface area (Å²) in [7, 11) is 0. The van der Waals surface area contributed by atoms with Gasteiger partial charge in [0.2, 0.25) is 0 Å². The molecule has 12 heteroatoms. The Morgan fingerprint density at radius 2 is 2.10 bits per heavy atom. The number of fused-ring (bicyclic) bond motifs is 1. The lowest BCUT2D eigenvalue weighted by Crippen LogP contribution is -2.44. The summed E-state index contributed by atoms with van der Waals surface area (Å²) in [5.74, 6) is 0.0726. The maximum Gasteiger partial charge on any atom is 0.321 e. The van der Waals surface area contributed by atoms with E-state index in [4.69, 9.17) is 4.42 Å². The molecule has 0 aliphatic heterocycles. The summed E-state index contributed by atoms with van der Waals surface area (Å²) in [6.45, 7) is 1.47. The molecule has 0 fully saturated rings. The highest BCUT2D eigenvalue weighted by atomic mass is 16.6. The molecule has 0 saturated carbocycles. The summed E-state index contributed by atoms with van der Waals surface area (Å²) < 4.78 is 8.15. The number of hydrogen-bond donors (Lipinski definition) is 1. The van der Waals surface area contributed by atoms with Crippen LogP contribution in [-0.2, 0) is 11.3 Å². The Balaban J connectivity index is 1.39. The van der Waals surface area contributed by atoms with Crippen molar-refractivity contribution in [2.75, 3.05) is 0 Å². The molecular formula is C19H15N7O5. The molecule has 0 aliphatic carbocycles. The van der Waals surface area contributed by atoms with Crippen molar-refractivity contribution in [3.63, 3.8) is 0 Å². The largest absolute Gasteiger partial charge is 0.867 e. The zero-order valence-electron chi connectivity index (χ0n) is 16.1. The molecule has 156 valence electrons. The number of nitrogens with one attached hydrogen (secondary N) is 1. The average molecular weight is 421 g/mol. The number of carbonyl (C=O) groups excluding carboxylic acids is 1. The first-order valence-electron chi connectivity index (χ1n) is 8.99. The van der Waals surface area contributed by atoms with Crippen molar-refractivity contribution in [2.24, 2.45) is 5.10 Å². The summed E-state index contributed by atoms with van der Waals surface area (Å²) in [6, 6.07) is 10.6. The van der Waals surface area contributed by atoms with Crippen molar-refractivity contribution in [3.05, 3.63) is 70.4 Å². The van der Waals surface area contributed by atoms with Gasteiger partial charge in [-0.1, -0.05) is 9.61 Å². The van der Waals surface area contributed by atoms with E-state index in [1.54, 1.807) is 31.2 Å². The number of furan rings is 1. The van der Waals surface area contributed by atoms with Crippen LogP contribution in [0.15, 0.2) is 58.3 Å². The van der Waals surface area contributed by atoms with Crippen LogP contribution in [0.5, 0.6) is 5.75 Å². The highest BCUT2D eigenvalue weighted by molar-refractivity contribution is 5.80. The van der Waals surface area contributed by atoms with Crippen LogP contribution in [0, 0.1) is 17.0 Å². The van der Waals surface area contributed by atoms with Crippen molar-refractivity contribution >= 4 is 23.5 Å². The summed E-state index contributed by atoms with van der Waals surface area (Å²) in [6.07, 6.45) is 2.66. The quantitative estimate of drug-likeness (QED) is 0.208. The summed E-state index contributed by atoms with van der Waals surface area (Å²) in [5.41, 5.74) is 3.70. The van der Waals surface area contributed by atoms with Gasteiger partial charge in [-0.15, -0.1) is 4.68 Å². The van der Waals surface area contributed by atoms with Crippen LogP contribution >= 0.6 is 0 Å². The molecule has 3 heterocycles. The van der Waals surface area contributed by atoms with Gasteiger partial charge in [-0.05, 0) is 48.1 Å². The smallest absolute Gasteiger partial charge is 0.321 e. The van der Waals surface area contributed by atoms with Gasteiger partial charge < -0.3 is 9.52 Å². The van der Waals surface area contributed by atoms with Crippen molar-refractivity contribution in [1.29, 1.82) is 0 Å². The fourth-order valence-electron chi connectivity index (χ4n) is 2.89. The topological polar surface area (TPSA) is 155 Å². The minimum absolute atomic E-state index is 0.0156. The fourth-order valence-corrected chi connectivity index (χ4v) is 2.89. The van der Waals surface area contributed by atoms with E-state index >= 15 is 0 Å². The molecule has 4 aromatic rings. The first-order valence-corrected chi connectivity index (χ1v) is 8.99. The molecule has 0 saturated heterocycles. The number of amides is 1. The fraction of sp³-hybridized carbons (Fsp3) is 0.105. The molecule has 12 nitrogen and oxygen atoms in total. The maximum absolute atomic E-state index is 12.1. The second-order valence-electron chi connectivity index (χ2n) is 6.51. The molecule has 1 N–H and O–H groups in total. The number of nitro groups is 1. The zero-order chi connectivity index (χ0) is 22.0. The minimum atomic E-state index is -0.496. The Morgan fingerprint density at radius 3 is 2.84 bits per heavy atom. The first-order chi connectivity index (χ1) is 14.9. The van der Waals surface area contributed by atoms with Gasteiger partial charge in [-0.25, -0.2) is 5.43 Å². The second kappa shape index (κ2) is 8.02. The molecule has 1 aromatic carbocycles. The molecule has 0 aliphatic rings. The Kier molecular flexibility index (Phi) is 5.10. The molecule has 0 radical (unpaired) electrons. The lowest BCUT2D eigenvalue weighted by molar-refractivity contribution is -0.717. The van der Waals surface area contributed by atoms with Crippen LogP contribution in [-0.4, -0.2) is 31.8 Å². The second-order valence-corrected chi connectivity index (χ2v) is 6.51. The predicted molar refractivity (Wildman–Crippen MR) is 104 cm³/mol. The van der Waals surface area contributed by atoms with E-state index in [-0.39, 0.29) is 23.6 Å². The molecule has 0 bridgehead atoms. The Bertz CT molecular complexity index is 1310. The van der Waals surface area contributed by atoms with Crippen molar-refractivity contribution in [2.45, 2.75) is 13.5 Å².